The van der Waals surface area contributed by atoms with Crippen LogP contribution in [0.15, 0.2) is 65.7 Å². The van der Waals surface area contributed by atoms with E-state index >= 15 is 0 Å². The fourth-order valence-electron chi connectivity index (χ4n) is 3.09. The van der Waals surface area contributed by atoms with E-state index in [0.717, 1.165) is 16.8 Å². The van der Waals surface area contributed by atoms with Gasteiger partial charge in [-0.05, 0) is 13.3 Å². The van der Waals surface area contributed by atoms with Crippen molar-refractivity contribution in [2.75, 3.05) is 20.3 Å². The van der Waals surface area contributed by atoms with Gasteiger partial charge < -0.3 is 9.47 Å². The van der Waals surface area contributed by atoms with Crippen molar-refractivity contribution in [3.63, 3.8) is 0 Å². The van der Waals surface area contributed by atoms with Gasteiger partial charge in [-0.3, -0.25) is 4.99 Å². The molecular weight excluding hydrogens is 314 g/mol. The Morgan fingerprint density at radius 3 is 2.12 bits per heavy atom. The molecule has 1 aliphatic rings. The number of hydrogen-bond donors (Lipinski definition) is 0. The highest BCUT2D eigenvalue weighted by molar-refractivity contribution is 6.14. The van der Waals surface area contributed by atoms with Crippen LogP contribution in [-0.2, 0) is 14.3 Å². The van der Waals surface area contributed by atoms with Gasteiger partial charge in [-0.2, -0.15) is 0 Å². The summed E-state index contributed by atoms with van der Waals surface area (Å²) >= 11 is 0. The second-order valence-corrected chi connectivity index (χ2v) is 6.19. The van der Waals surface area contributed by atoms with Crippen molar-refractivity contribution in [1.82, 2.24) is 0 Å². The van der Waals surface area contributed by atoms with Gasteiger partial charge in [0.05, 0.1) is 18.9 Å². The molecule has 1 aliphatic carbocycles. The lowest BCUT2D eigenvalue weighted by Crippen LogP contribution is -2.29. The van der Waals surface area contributed by atoms with Gasteiger partial charge in [-0.15, -0.1) is 0 Å². The first-order valence-corrected chi connectivity index (χ1v) is 8.58. The van der Waals surface area contributed by atoms with Crippen LogP contribution in [0.1, 0.15) is 24.5 Å². The maximum absolute atomic E-state index is 12.6. The SMILES string of the molecule is CCOC(=O)C1(N=C(c2ccccc2)c2ccccc2)CC1COC. The van der Waals surface area contributed by atoms with Crippen LogP contribution >= 0.6 is 0 Å². The maximum Gasteiger partial charge on any atom is 0.334 e. The molecule has 0 heterocycles. The number of nitrogens with zero attached hydrogens (tertiary/aromatic N) is 1. The fourth-order valence-corrected chi connectivity index (χ4v) is 3.09. The Hall–Kier alpha value is -2.46. The number of methoxy groups -OCH3 is 1. The van der Waals surface area contributed by atoms with Gasteiger partial charge in [0.15, 0.2) is 5.54 Å². The summed E-state index contributed by atoms with van der Waals surface area (Å²) in [7, 11) is 1.65. The van der Waals surface area contributed by atoms with Gasteiger partial charge in [-0.1, -0.05) is 60.7 Å². The van der Waals surface area contributed by atoms with Gasteiger partial charge in [0, 0.05) is 24.2 Å². The van der Waals surface area contributed by atoms with Crippen LogP contribution in [0.25, 0.3) is 0 Å². The number of ether oxygens (including phenoxy) is 2. The quantitative estimate of drug-likeness (QED) is 0.574. The smallest absolute Gasteiger partial charge is 0.334 e. The van der Waals surface area contributed by atoms with Gasteiger partial charge in [-0.25, -0.2) is 4.79 Å². The van der Waals surface area contributed by atoms with Crippen LogP contribution in [0.3, 0.4) is 0 Å². The zero-order valence-corrected chi connectivity index (χ0v) is 14.6. The zero-order chi connectivity index (χ0) is 17.7. The van der Waals surface area contributed by atoms with Crippen LogP contribution < -0.4 is 0 Å². The first kappa shape index (κ1) is 17.4. The van der Waals surface area contributed by atoms with E-state index in [1.165, 1.54) is 0 Å². The molecule has 0 aromatic heterocycles. The minimum Gasteiger partial charge on any atom is -0.464 e. The highest BCUT2D eigenvalue weighted by Gasteiger charge is 2.62. The van der Waals surface area contributed by atoms with E-state index in [9.17, 15) is 4.79 Å². The van der Waals surface area contributed by atoms with Crippen molar-refractivity contribution >= 4 is 11.7 Å². The van der Waals surface area contributed by atoms with E-state index in [0.29, 0.717) is 19.6 Å². The van der Waals surface area contributed by atoms with Crippen LogP contribution in [-0.4, -0.2) is 37.5 Å². The molecule has 4 heteroatoms. The molecule has 0 N–H and O–H groups in total. The number of carbonyl (C=O) groups excluding carboxylic acids is 1. The maximum atomic E-state index is 12.6. The number of aliphatic imine (C=N–C) groups is 1. The lowest BCUT2D eigenvalue weighted by Gasteiger charge is -2.15. The second kappa shape index (κ2) is 7.62. The van der Waals surface area contributed by atoms with Crippen LogP contribution in [0, 0.1) is 5.92 Å². The van der Waals surface area contributed by atoms with Gasteiger partial charge in [0.2, 0.25) is 0 Å². The molecule has 25 heavy (non-hydrogen) atoms. The Morgan fingerprint density at radius 1 is 1.08 bits per heavy atom. The largest absolute Gasteiger partial charge is 0.464 e. The lowest BCUT2D eigenvalue weighted by molar-refractivity contribution is -0.146. The second-order valence-electron chi connectivity index (χ2n) is 6.19. The summed E-state index contributed by atoms with van der Waals surface area (Å²) in [5, 5.41) is 0. The molecule has 0 radical (unpaired) electrons. The monoisotopic (exact) mass is 337 g/mol. The third-order valence-corrected chi connectivity index (χ3v) is 4.48. The summed E-state index contributed by atoms with van der Waals surface area (Å²) in [6, 6.07) is 19.9. The molecule has 0 spiro atoms. The summed E-state index contributed by atoms with van der Waals surface area (Å²) in [5.74, 6) is -0.208. The van der Waals surface area contributed by atoms with E-state index < -0.39 is 5.54 Å². The normalized spacial score (nSPS) is 21.4. The van der Waals surface area contributed by atoms with Crippen molar-refractivity contribution in [2.24, 2.45) is 10.9 Å². The van der Waals surface area contributed by atoms with Crippen LogP contribution in [0.4, 0.5) is 0 Å². The topological polar surface area (TPSA) is 47.9 Å². The Balaban J connectivity index is 2.06. The highest BCUT2D eigenvalue weighted by atomic mass is 16.5. The molecule has 130 valence electrons. The van der Waals surface area contributed by atoms with Crippen molar-refractivity contribution in [3.8, 4) is 0 Å². The predicted molar refractivity (Wildman–Crippen MR) is 97.9 cm³/mol. The molecule has 1 fully saturated rings. The molecule has 0 aliphatic heterocycles. The molecule has 4 nitrogen and oxygen atoms in total. The van der Waals surface area contributed by atoms with Crippen molar-refractivity contribution < 1.29 is 14.3 Å². The summed E-state index contributed by atoms with van der Waals surface area (Å²) in [4.78, 5) is 17.6. The molecule has 2 aromatic carbocycles. The average molecular weight is 337 g/mol. The molecule has 1 saturated carbocycles. The molecular formula is C21H23NO3. The number of hydrogen-bond acceptors (Lipinski definition) is 4. The zero-order valence-electron chi connectivity index (χ0n) is 14.6. The third-order valence-electron chi connectivity index (χ3n) is 4.48. The van der Waals surface area contributed by atoms with E-state index in [1.54, 1.807) is 7.11 Å². The van der Waals surface area contributed by atoms with E-state index in [1.807, 2.05) is 67.6 Å². The minimum absolute atomic E-state index is 0.0546. The Morgan fingerprint density at radius 2 is 1.64 bits per heavy atom. The predicted octanol–water partition coefficient (Wildman–Crippen LogP) is 3.49. The highest BCUT2D eigenvalue weighted by Crippen LogP contribution is 2.49. The van der Waals surface area contributed by atoms with Crippen molar-refractivity contribution in [3.05, 3.63) is 71.8 Å². The Bertz CT molecular complexity index is 701. The minimum atomic E-state index is -0.840. The summed E-state index contributed by atoms with van der Waals surface area (Å²) < 4.78 is 10.6. The van der Waals surface area contributed by atoms with Crippen molar-refractivity contribution in [2.45, 2.75) is 18.9 Å². The molecule has 3 rings (SSSR count). The summed E-state index contributed by atoms with van der Waals surface area (Å²) in [6.45, 7) is 2.67. The third kappa shape index (κ3) is 3.64. The number of esters is 1. The summed E-state index contributed by atoms with van der Waals surface area (Å²) in [5.41, 5.74) is 1.95. The first-order valence-electron chi connectivity index (χ1n) is 8.58. The summed E-state index contributed by atoms with van der Waals surface area (Å²) in [6.07, 6.45) is 0.656. The lowest BCUT2D eigenvalue weighted by atomic mass is 10.0. The van der Waals surface area contributed by atoms with Gasteiger partial charge >= 0.3 is 5.97 Å². The Labute approximate surface area is 148 Å². The molecule has 0 amide bonds. The molecule has 2 aromatic rings. The molecule has 0 saturated heterocycles. The number of rotatable bonds is 7. The molecule has 0 bridgehead atoms. The first-order chi connectivity index (χ1) is 12.2. The molecule has 2 unspecified atom stereocenters. The number of benzene rings is 2. The van der Waals surface area contributed by atoms with E-state index in [2.05, 4.69) is 0 Å². The van der Waals surface area contributed by atoms with Gasteiger partial charge in [0.25, 0.3) is 0 Å². The van der Waals surface area contributed by atoms with Gasteiger partial charge in [0.1, 0.15) is 0 Å². The van der Waals surface area contributed by atoms with Crippen LogP contribution in [0.5, 0.6) is 0 Å². The average Bonchev–Trinajstić information content (AvgIpc) is 3.36. The number of carbonyl (C=O) groups is 1. The molecule has 2 atom stereocenters. The Kier molecular flexibility index (Phi) is 5.29. The van der Waals surface area contributed by atoms with E-state index in [4.69, 9.17) is 14.5 Å². The van der Waals surface area contributed by atoms with E-state index in [-0.39, 0.29) is 11.9 Å². The fraction of sp³-hybridized carbons (Fsp3) is 0.333. The standard InChI is InChI=1S/C21H23NO3/c1-3-25-20(23)21(14-18(21)15-24-2)22-19(16-10-6-4-7-11-16)17-12-8-5-9-13-17/h4-13,18H,3,14-15H2,1-2H3. The van der Waals surface area contributed by atoms with Crippen molar-refractivity contribution in [1.29, 1.82) is 0 Å². The van der Waals surface area contributed by atoms with Crippen LogP contribution in [0.2, 0.25) is 0 Å².